The van der Waals surface area contributed by atoms with Gasteiger partial charge in [0.25, 0.3) is 0 Å². The fourth-order valence-corrected chi connectivity index (χ4v) is 6.83. The number of hydrogen-bond acceptors (Lipinski definition) is 4. The number of ether oxygens (including phenoxy) is 1. The van der Waals surface area contributed by atoms with Gasteiger partial charge in [-0.15, -0.1) is 0 Å². The molecule has 1 N–H and O–H groups in total. The molecule has 5 rings (SSSR count). The third-order valence-electron chi connectivity index (χ3n) is 8.75. The van der Waals surface area contributed by atoms with Gasteiger partial charge in [0.2, 0.25) is 0 Å². The maximum atomic E-state index is 12.6. The Morgan fingerprint density at radius 1 is 0.595 bits per heavy atom. The van der Waals surface area contributed by atoms with E-state index in [0.29, 0.717) is 6.61 Å². The lowest BCUT2D eigenvalue weighted by Gasteiger charge is -2.42. The Morgan fingerprint density at radius 2 is 1.00 bits per heavy atom. The third-order valence-corrected chi connectivity index (χ3v) is 8.75. The van der Waals surface area contributed by atoms with Crippen LogP contribution in [0.15, 0.2) is 121 Å². The van der Waals surface area contributed by atoms with Crippen molar-refractivity contribution in [2.45, 2.75) is 83.8 Å². The molecule has 0 spiro atoms. The molecular formula is C38H46N2O2. The molecule has 0 radical (unpaired) electrons. The Kier molecular flexibility index (Phi) is 9.91. The standard InChI is InChI=1S/C38H46N2O2/c1-27(2)39-34(31-20-12-7-13-21-31)35(32-22-14-8-15-23-32)40(28(3)4)38(39)36(41)29(5)37(33-24-16-9-17-25-33)42-26-30-18-10-6-11-19-30/h6-25,27-29,34-38,41H,26H2,1-5H3/t29-,34+,35+,36+,37+/m0/s1. The van der Waals surface area contributed by atoms with Crippen LogP contribution in [0.25, 0.3) is 0 Å². The highest BCUT2D eigenvalue weighted by atomic mass is 16.5. The second-order valence-electron chi connectivity index (χ2n) is 12.2. The van der Waals surface area contributed by atoms with Crippen molar-refractivity contribution in [3.05, 3.63) is 144 Å². The lowest BCUT2D eigenvalue weighted by atomic mass is 9.89. The molecule has 1 heterocycles. The van der Waals surface area contributed by atoms with Gasteiger partial charge in [0.05, 0.1) is 37.1 Å². The van der Waals surface area contributed by atoms with Gasteiger partial charge in [-0.05, 0) is 49.9 Å². The molecule has 1 fully saturated rings. The zero-order valence-corrected chi connectivity index (χ0v) is 25.6. The van der Waals surface area contributed by atoms with E-state index in [1.165, 1.54) is 11.1 Å². The van der Waals surface area contributed by atoms with Crippen LogP contribution in [-0.4, -0.2) is 39.3 Å². The predicted octanol–water partition coefficient (Wildman–Crippen LogP) is 8.18. The monoisotopic (exact) mass is 562 g/mol. The first-order valence-electron chi connectivity index (χ1n) is 15.4. The van der Waals surface area contributed by atoms with E-state index in [4.69, 9.17) is 4.74 Å². The summed E-state index contributed by atoms with van der Waals surface area (Å²) in [4.78, 5) is 5.10. The van der Waals surface area contributed by atoms with Crippen molar-refractivity contribution >= 4 is 0 Å². The average Bonchev–Trinajstić information content (AvgIpc) is 3.40. The van der Waals surface area contributed by atoms with Crippen molar-refractivity contribution in [1.82, 2.24) is 9.80 Å². The van der Waals surface area contributed by atoms with Crippen LogP contribution in [0.5, 0.6) is 0 Å². The molecule has 0 unspecified atom stereocenters. The van der Waals surface area contributed by atoms with E-state index in [2.05, 4.69) is 141 Å². The van der Waals surface area contributed by atoms with E-state index >= 15 is 0 Å². The van der Waals surface area contributed by atoms with E-state index in [-0.39, 0.29) is 42.4 Å². The fourth-order valence-electron chi connectivity index (χ4n) is 6.83. The first kappa shape index (κ1) is 30.2. The maximum absolute atomic E-state index is 12.6. The summed E-state index contributed by atoms with van der Waals surface area (Å²) < 4.78 is 6.67. The van der Waals surface area contributed by atoms with E-state index in [9.17, 15) is 5.11 Å². The van der Waals surface area contributed by atoms with Gasteiger partial charge in [0.15, 0.2) is 0 Å². The van der Waals surface area contributed by atoms with Crippen LogP contribution in [0.4, 0.5) is 0 Å². The van der Waals surface area contributed by atoms with Gasteiger partial charge in [-0.3, -0.25) is 9.80 Å². The molecule has 5 atom stereocenters. The second-order valence-corrected chi connectivity index (χ2v) is 12.2. The molecule has 0 aromatic heterocycles. The molecule has 0 bridgehead atoms. The quantitative estimate of drug-likeness (QED) is 0.200. The maximum Gasteiger partial charge on any atom is 0.0909 e. The van der Waals surface area contributed by atoms with Gasteiger partial charge in [0.1, 0.15) is 0 Å². The van der Waals surface area contributed by atoms with E-state index in [1.807, 2.05) is 24.3 Å². The van der Waals surface area contributed by atoms with Crippen molar-refractivity contribution < 1.29 is 9.84 Å². The van der Waals surface area contributed by atoms with Crippen LogP contribution in [0, 0.1) is 5.92 Å². The Labute approximate surface area is 252 Å². The highest BCUT2D eigenvalue weighted by Crippen LogP contribution is 2.51. The molecule has 42 heavy (non-hydrogen) atoms. The van der Waals surface area contributed by atoms with Crippen molar-refractivity contribution in [2.75, 3.05) is 0 Å². The molecule has 220 valence electrons. The van der Waals surface area contributed by atoms with Gasteiger partial charge in [0, 0.05) is 18.0 Å². The van der Waals surface area contributed by atoms with Gasteiger partial charge < -0.3 is 9.84 Å². The van der Waals surface area contributed by atoms with E-state index < -0.39 is 6.10 Å². The lowest BCUT2D eigenvalue weighted by molar-refractivity contribution is -0.1000. The van der Waals surface area contributed by atoms with Crippen LogP contribution >= 0.6 is 0 Å². The summed E-state index contributed by atoms with van der Waals surface area (Å²) in [5, 5.41) is 12.6. The minimum atomic E-state index is -0.671. The zero-order chi connectivity index (χ0) is 29.6. The van der Waals surface area contributed by atoms with E-state index in [1.54, 1.807) is 0 Å². The van der Waals surface area contributed by atoms with Crippen molar-refractivity contribution in [1.29, 1.82) is 0 Å². The second kappa shape index (κ2) is 13.8. The summed E-state index contributed by atoms with van der Waals surface area (Å²) >= 11 is 0. The normalized spacial score (nSPS) is 20.7. The Hall–Kier alpha value is -3.28. The zero-order valence-electron chi connectivity index (χ0n) is 25.6. The molecular weight excluding hydrogens is 516 g/mol. The number of aliphatic hydroxyl groups is 1. The largest absolute Gasteiger partial charge is 0.390 e. The fraction of sp³-hybridized carbons (Fsp3) is 0.368. The summed E-state index contributed by atoms with van der Waals surface area (Å²) in [6, 6.07) is 42.9. The highest BCUT2D eigenvalue weighted by molar-refractivity contribution is 5.31. The van der Waals surface area contributed by atoms with Crippen LogP contribution in [-0.2, 0) is 11.3 Å². The van der Waals surface area contributed by atoms with Crippen molar-refractivity contribution in [3.63, 3.8) is 0 Å². The first-order valence-corrected chi connectivity index (χ1v) is 15.4. The molecule has 1 aliphatic rings. The van der Waals surface area contributed by atoms with Gasteiger partial charge in [-0.2, -0.15) is 0 Å². The SMILES string of the molecule is CC(C)N1C([C@H](O)[C@H](C)[C@@H](OCc2ccccc2)c2ccccc2)N(C(C)C)[C@H](c2ccccc2)[C@H]1c1ccccc1. The minimum Gasteiger partial charge on any atom is -0.390 e. The van der Waals surface area contributed by atoms with Crippen LogP contribution in [0.1, 0.15) is 75.1 Å². The molecule has 0 amide bonds. The van der Waals surface area contributed by atoms with Crippen molar-refractivity contribution in [2.24, 2.45) is 5.92 Å². The summed E-state index contributed by atoms with van der Waals surface area (Å²) in [7, 11) is 0. The van der Waals surface area contributed by atoms with E-state index in [0.717, 1.165) is 11.1 Å². The summed E-state index contributed by atoms with van der Waals surface area (Å²) in [6.07, 6.45) is -1.15. The molecule has 0 saturated carbocycles. The Balaban J connectivity index is 1.57. The van der Waals surface area contributed by atoms with Crippen LogP contribution in [0.3, 0.4) is 0 Å². The molecule has 1 aliphatic heterocycles. The number of benzene rings is 4. The molecule has 4 aromatic rings. The topological polar surface area (TPSA) is 35.9 Å². The molecule has 4 heteroatoms. The molecule has 4 nitrogen and oxygen atoms in total. The predicted molar refractivity (Wildman–Crippen MR) is 172 cm³/mol. The first-order chi connectivity index (χ1) is 20.4. The van der Waals surface area contributed by atoms with Gasteiger partial charge in [-0.25, -0.2) is 0 Å². The van der Waals surface area contributed by atoms with Crippen LogP contribution in [0.2, 0.25) is 0 Å². The summed E-state index contributed by atoms with van der Waals surface area (Å²) in [5.74, 6) is -0.172. The highest BCUT2D eigenvalue weighted by Gasteiger charge is 2.54. The Bertz CT molecular complexity index is 1290. The Morgan fingerprint density at radius 3 is 1.43 bits per heavy atom. The van der Waals surface area contributed by atoms with Crippen LogP contribution < -0.4 is 0 Å². The summed E-state index contributed by atoms with van der Waals surface area (Å²) in [5.41, 5.74) is 4.76. The number of nitrogens with zero attached hydrogens (tertiary/aromatic N) is 2. The van der Waals surface area contributed by atoms with Gasteiger partial charge >= 0.3 is 0 Å². The molecule has 0 aliphatic carbocycles. The summed E-state index contributed by atoms with van der Waals surface area (Å²) in [6.45, 7) is 11.7. The molecule has 1 saturated heterocycles. The number of rotatable bonds is 11. The minimum absolute atomic E-state index is 0.0864. The number of hydrogen-bond donors (Lipinski definition) is 1. The lowest BCUT2D eigenvalue weighted by Crippen LogP contribution is -2.54. The molecule has 4 aromatic carbocycles. The third kappa shape index (κ3) is 6.38. The van der Waals surface area contributed by atoms with Crippen molar-refractivity contribution in [3.8, 4) is 0 Å². The smallest absolute Gasteiger partial charge is 0.0909 e. The average molecular weight is 563 g/mol. The number of aliphatic hydroxyl groups excluding tert-OH is 1. The van der Waals surface area contributed by atoms with Gasteiger partial charge in [-0.1, -0.05) is 128 Å².